The van der Waals surface area contributed by atoms with Crippen LogP contribution in [0, 0.1) is 5.41 Å². The van der Waals surface area contributed by atoms with Crippen LogP contribution in [0.3, 0.4) is 0 Å². The van der Waals surface area contributed by atoms with Gasteiger partial charge in [-0.15, -0.1) is 0 Å². The second-order valence-corrected chi connectivity index (χ2v) is 9.78. The smallest absolute Gasteiger partial charge is 0.119 e. The normalized spacial score (nSPS) is 17.5. The number of aromatic nitrogens is 1. The number of methoxy groups -OCH3 is 1. The van der Waals surface area contributed by atoms with Crippen molar-refractivity contribution < 1.29 is 14.9 Å². The first kappa shape index (κ1) is 25.2. The Bertz CT molecular complexity index is 852. The van der Waals surface area contributed by atoms with E-state index in [1.807, 2.05) is 18.2 Å². The number of aliphatic hydroxyl groups is 2. The molecule has 0 unspecified atom stereocenters. The van der Waals surface area contributed by atoms with Gasteiger partial charge in [0.1, 0.15) is 5.75 Å². The van der Waals surface area contributed by atoms with E-state index in [9.17, 15) is 10.2 Å². The predicted molar refractivity (Wildman–Crippen MR) is 131 cm³/mol. The number of nitrogens with zero attached hydrogens (tertiary/aromatic N) is 2. The van der Waals surface area contributed by atoms with Crippen LogP contribution in [-0.2, 0) is 0 Å². The largest absolute Gasteiger partial charge is 0.497 e. The molecule has 0 amide bonds. The molecule has 0 spiro atoms. The Morgan fingerprint density at radius 3 is 2.62 bits per heavy atom. The second-order valence-electron chi connectivity index (χ2n) is 9.37. The molecule has 2 heterocycles. The minimum Gasteiger partial charge on any atom is -0.497 e. The number of hydrogen-bond donors (Lipinski definition) is 2. The highest BCUT2D eigenvalue weighted by molar-refractivity contribution is 6.32. The number of piperidine rings is 1. The number of likely N-dealkylation sites (tertiary alicyclic amines) is 1. The lowest BCUT2D eigenvalue weighted by Crippen LogP contribution is -2.42. The van der Waals surface area contributed by atoms with Crippen molar-refractivity contribution in [1.82, 2.24) is 9.88 Å². The molecule has 1 fully saturated rings. The zero-order valence-electron chi connectivity index (χ0n) is 19.7. The van der Waals surface area contributed by atoms with Crippen LogP contribution < -0.4 is 4.74 Å². The van der Waals surface area contributed by atoms with Gasteiger partial charge in [0.25, 0.3) is 0 Å². The van der Waals surface area contributed by atoms with Crippen LogP contribution in [-0.4, -0.2) is 53.4 Å². The molecule has 0 bridgehead atoms. The molecule has 6 heteroatoms. The average molecular weight is 463 g/mol. The zero-order chi connectivity index (χ0) is 23.0. The Balaban J connectivity index is 1.59. The fourth-order valence-electron chi connectivity index (χ4n) is 4.90. The van der Waals surface area contributed by atoms with E-state index in [1.165, 1.54) is 32.1 Å². The number of ether oxygens (including phenoxy) is 1. The number of aliphatic hydroxyl groups excluding tert-OH is 2. The van der Waals surface area contributed by atoms with E-state index in [0.29, 0.717) is 22.8 Å². The number of rotatable bonds is 12. The summed E-state index contributed by atoms with van der Waals surface area (Å²) in [5.74, 6) is 0.712. The van der Waals surface area contributed by atoms with Crippen molar-refractivity contribution in [3.8, 4) is 5.75 Å². The first-order valence-corrected chi connectivity index (χ1v) is 12.5. The van der Waals surface area contributed by atoms with Gasteiger partial charge in [-0.2, -0.15) is 0 Å². The van der Waals surface area contributed by atoms with E-state index in [4.69, 9.17) is 16.3 Å². The Morgan fingerprint density at radius 1 is 1.19 bits per heavy atom. The van der Waals surface area contributed by atoms with E-state index in [0.717, 1.165) is 49.8 Å². The Kier molecular flexibility index (Phi) is 9.60. The summed E-state index contributed by atoms with van der Waals surface area (Å²) in [5.41, 5.74) is 1.37. The van der Waals surface area contributed by atoms with E-state index in [1.54, 1.807) is 13.3 Å². The Morgan fingerprint density at radius 2 is 1.94 bits per heavy atom. The van der Waals surface area contributed by atoms with Crippen molar-refractivity contribution in [1.29, 1.82) is 0 Å². The molecule has 32 heavy (non-hydrogen) atoms. The number of hydrogen-bond acceptors (Lipinski definition) is 5. The van der Waals surface area contributed by atoms with Gasteiger partial charge < -0.3 is 19.8 Å². The van der Waals surface area contributed by atoms with Crippen LogP contribution in [0.5, 0.6) is 5.75 Å². The minimum absolute atomic E-state index is 0.118. The highest BCUT2D eigenvalue weighted by atomic mass is 35.5. The van der Waals surface area contributed by atoms with Crippen molar-refractivity contribution in [2.45, 2.75) is 70.8 Å². The third-order valence-corrected chi connectivity index (χ3v) is 7.48. The highest BCUT2D eigenvalue weighted by Crippen LogP contribution is 2.40. The molecule has 1 aromatic heterocycles. The van der Waals surface area contributed by atoms with Crippen LogP contribution in [0.4, 0.5) is 0 Å². The summed E-state index contributed by atoms with van der Waals surface area (Å²) in [6.07, 6.45) is 10.7. The van der Waals surface area contributed by atoms with Crippen molar-refractivity contribution >= 4 is 22.5 Å². The molecule has 1 saturated heterocycles. The molecule has 1 atom stereocenters. The molecule has 3 rings (SSSR count). The van der Waals surface area contributed by atoms with Gasteiger partial charge in [0, 0.05) is 23.8 Å². The number of unbranched alkanes of at least 4 members (excludes halogenated alkanes) is 4. The van der Waals surface area contributed by atoms with E-state index < -0.39 is 6.10 Å². The molecule has 1 aliphatic heterocycles. The summed E-state index contributed by atoms with van der Waals surface area (Å²) in [6, 6.07) is 5.62. The summed E-state index contributed by atoms with van der Waals surface area (Å²) < 4.78 is 5.35. The van der Waals surface area contributed by atoms with Crippen LogP contribution >= 0.6 is 11.6 Å². The van der Waals surface area contributed by atoms with Crippen LogP contribution in [0.25, 0.3) is 10.9 Å². The summed E-state index contributed by atoms with van der Waals surface area (Å²) in [5, 5.41) is 22.6. The van der Waals surface area contributed by atoms with Gasteiger partial charge in [-0.05, 0) is 75.4 Å². The third-order valence-electron chi connectivity index (χ3n) is 7.18. The number of pyridine rings is 1. The molecule has 2 aromatic rings. The van der Waals surface area contributed by atoms with Crippen LogP contribution in [0.1, 0.15) is 76.4 Å². The van der Waals surface area contributed by atoms with Crippen LogP contribution in [0.15, 0.2) is 24.4 Å². The standard InChI is InChI=1S/C26H39ClN2O3/c1-3-4-5-6-7-14-29-15-12-26(19-30,13-16-29)11-10-24(31)25-21-17-20(32-2)8-9-23(21)28-18-22(25)27/h8-9,17-18,24,30-31H,3-7,10-16,19H2,1-2H3/t24-/m0/s1. The summed E-state index contributed by atoms with van der Waals surface area (Å²) >= 11 is 6.46. The molecule has 1 aliphatic rings. The summed E-state index contributed by atoms with van der Waals surface area (Å²) in [6.45, 7) is 5.64. The number of halogens is 1. The first-order chi connectivity index (χ1) is 15.5. The second kappa shape index (κ2) is 12.2. The predicted octanol–water partition coefficient (Wildman–Crippen LogP) is 5.76. The van der Waals surface area contributed by atoms with E-state index in [-0.39, 0.29) is 12.0 Å². The fourth-order valence-corrected chi connectivity index (χ4v) is 5.17. The van der Waals surface area contributed by atoms with Gasteiger partial charge >= 0.3 is 0 Å². The molecule has 0 aliphatic carbocycles. The summed E-state index contributed by atoms with van der Waals surface area (Å²) in [7, 11) is 1.62. The van der Waals surface area contributed by atoms with E-state index >= 15 is 0 Å². The van der Waals surface area contributed by atoms with Crippen molar-refractivity contribution in [2.24, 2.45) is 5.41 Å². The maximum Gasteiger partial charge on any atom is 0.119 e. The minimum atomic E-state index is -0.708. The monoisotopic (exact) mass is 462 g/mol. The highest BCUT2D eigenvalue weighted by Gasteiger charge is 2.34. The molecule has 178 valence electrons. The molecule has 0 radical (unpaired) electrons. The zero-order valence-corrected chi connectivity index (χ0v) is 20.4. The van der Waals surface area contributed by atoms with Gasteiger partial charge in [-0.1, -0.05) is 44.2 Å². The van der Waals surface area contributed by atoms with Gasteiger partial charge in [-0.25, -0.2) is 0 Å². The molecule has 0 saturated carbocycles. The quantitative estimate of drug-likeness (QED) is 0.393. The van der Waals surface area contributed by atoms with E-state index in [2.05, 4.69) is 16.8 Å². The molecule has 1 aromatic carbocycles. The molecular weight excluding hydrogens is 424 g/mol. The Hall–Kier alpha value is -1.40. The van der Waals surface area contributed by atoms with Gasteiger partial charge in [0.15, 0.2) is 0 Å². The fraction of sp³-hybridized carbons (Fsp3) is 0.654. The molecular formula is C26H39ClN2O3. The third kappa shape index (κ3) is 6.34. The first-order valence-electron chi connectivity index (χ1n) is 12.2. The number of fused-ring (bicyclic) bond motifs is 1. The van der Waals surface area contributed by atoms with Crippen molar-refractivity contribution in [2.75, 3.05) is 33.4 Å². The molecule has 5 nitrogen and oxygen atoms in total. The topological polar surface area (TPSA) is 65.8 Å². The maximum absolute atomic E-state index is 11.1. The van der Waals surface area contributed by atoms with Crippen molar-refractivity contribution in [3.05, 3.63) is 35.0 Å². The lowest BCUT2D eigenvalue weighted by Gasteiger charge is -2.41. The number of benzene rings is 1. The Labute approximate surface area is 197 Å². The summed E-state index contributed by atoms with van der Waals surface area (Å²) in [4.78, 5) is 6.92. The maximum atomic E-state index is 11.1. The van der Waals surface area contributed by atoms with Gasteiger partial charge in [0.05, 0.1) is 23.8 Å². The van der Waals surface area contributed by atoms with Gasteiger partial charge in [0.2, 0.25) is 0 Å². The van der Waals surface area contributed by atoms with Crippen LogP contribution in [0.2, 0.25) is 5.02 Å². The average Bonchev–Trinajstić information content (AvgIpc) is 2.82. The lowest BCUT2D eigenvalue weighted by atomic mass is 9.74. The lowest BCUT2D eigenvalue weighted by molar-refractivity contribution is 0.0232. The van der Waals surface area contributed by atoms with Crippen molar-refractivity contribution in [3.63, 3.8) is 0 Å². The SMILES string of the molecule is CCCCCCCN1CCC(CO)(CC[C@H](O)c2c(Cl)cnc3ccc(OC)cc23)CC1. The molecule has 2 N–H and O–H groups in total. The van der Waals surface area contributed by atoms with Gasteiger partial charge in [-0.3, -0.25) is 4.98 Å².